The van der Waals surface area contributed by atoms with Crippen molar-refractivity contribution in [2.45, 2.75) is 37.4 Å². The molecule has 1 amide bonds. The number of carbonyl (C=O) groups excluding carboxylic acids is 2. The molecule has 1 saturated carbocycles. The lowest BCUT2D eigenvalue weighted by atomic mass is 9.96. The molecule has 2 aromatic rings. The summed E-state index contributed by atoms with van der Waals surface area (Å²) in [6.07, 6.45) is -2.82. The maximum Gasteiger partial charge on any atom is 0.471 e. The van der Waals surface area contributed by atoms with Crippen LogP contribution in [-0.2, 0) is 9.53 Å². The average Bonchev–Trinajstić information content (AvgIpc) is 3.68. The molecule has 1 aliphatic heterocycles. The van der Waals surface area contributed by atoms with E-state index in [4.69, 9.17) is 4.74 Å². The van der Waals surface area contributed by atoms with E-state index < -0.39 is 24.1 Å². The normalized spacial score (nSPS) is 20.6. The van der Waals surface area contributed by atoms with E-state index in [0.717, 1.165) is 36.4 Å². The van der Waals surface area contributed by atoms with Gasteiger partial charge in [0, 0.05) is 25.0 Å². The summed E-state index contributed by atoms with van der Waals surface area (Å²) in [5.41, 5.74) is 1.43. The van der Waals surface area contributed by atoms with Crippen molar-refractivity contribution in [3.05, 3.63) is 65.7 Å². The predicted octanol–water partition coefficient (Wildman–Crippen LogP) is 4.51. The topological polar surface area (TPSA) is 59.1 Å². The van der Waals surface area contributed by atoms with Gasteiger partial charge in [-0.15, -0.1) is 0 Å². The van der Waals surface area contributed by atoms with E-state index >= 15 is 0 Å². The lowest BCUT2D eigenvalue weighted by molar-refractivity contribution is -0.187. The summed E-state index contributed by atoms with van der Waals surface area (Å²) in [6.45, 7) is 2.78. The van der Waals surface area contributed by atoms with E-state index in [0.29, 0.717) is 30.9 Å². The maximum absolute atomic E-state index is 13.4. The predicted molar refractivity (Wildman–Crippen MR) is 128 cm³/mol. The Morgan fingerprint density at radius 2 is 1.69 bits per heavy atom. The molecule has 36 heavy (non-hydrogen) atoms. The summed E-state index contributed by atoms with van der Waals surface area (Å²) < 4.78 is 50.5. The van der Waals surface area contributed by atoms with Crippen molar-refractivity contribution in [3.63, 3.8) is 0 Å². The van der Waals surface area contributed by atoms with E-state index in [1.165, 1.54) is 7.11 Å². The Morgan fingerprint density at radius 1 is 1.03 bits per heavy atom. The van der Waals surface area contributed by atoms with Gasteiger partial charge in [-0.2, -0.15) is 13.2 Å². The van der Waals surface area contributed by atoms with Crippen molar-refractivity contribution in [3.8, 4) is 5.75 Å². The van der Waals surface area contributed by atoms with Crippen LogP contribution in [0, 0.1) is 5.92 Å². The molecule has 0 radical (unpaired) electrons. The van der Waals surface area contributed by atoms with E-state index in [2.05, 4.69) is 9.64 Å². The monoisotopic (exact) mass is 504 g/mol. The second kappa shape index (κ2) is 11.3. The Morgan fingerprint density at radius 3 is 2.31 bits per heavy atom. The number of nitrogens with zero attached hydrogens (tertiary/aromatic N) is 2. The van der Waals surface area contributed by atoms with Crippen LogP contribution in [-0.4, -0.2) is 73.8 Å². The first kappa shape index (κ1) is 26.0. The molecule has 2 fully saturated rings. The van der Waals surface area contributed by atoms with Crippen LogP contribution in [0.2, 0.25) is 0 Å². The number of alkyl halides is 3. The van der Waals surface area contributed by atoms with Gasteiger partial charge in [-0.05, 0) is 68.1 Å². The lowest BCUT2D eigenvalue weighted by Gasteiger charge is -2.35. The third-order valence-electron chi connectivity index (χ3n) is 7.00. The fourth-order valence-corrected chi connectivity index (χ4v) is 4.88. The summed E-state index contributed by atoms with van der Waals surface area (Å²) in [7, 11) is 1.33. The first-order valence-electron chi connectivity index (χ1n) is 12.2. The summed E-state index contributed by atoms with van der Waals surface area (Å²) in [6, 6.07) is 15.8. The number of halogens is 3. The molecule has 0 bridgehead atoms. The Bertz CT molecular complexity index is 1020. The number of benzene rings is 2. The molecule has 0 N–H and O–H groups in total. The van der Waals surface area contributed by atoms with Gasteiger partial charge >= 0.3 is 18.1 Å². The first-order valence-corrected chi connectivity index (χ1v) is 12.2. The molecule has 9 heteroatoms. The minimum Gasteiger partial charge on any atom is -0.492 e. The molecule has 6 nitrogen and oxygen atoms in total. The molecule has 2 unspecified atom stereocenters. The highest BCUT2D eigenvalue weighted by Crippen LogP contribution is 2.46. The van der Waals surface area contributed by atoms with Gasteiger partial charge in [0.15, 0.2) is 0 Å². The molecule has 1 saturated heterocycles. The highest BCUT2D eigenvalue weighted by atomic mass is 19.4. The number of hydrogen-bond acceptors (Lipinski definition) is 5. The average molecular weight is 505 g/mol. The SMILES string of the molecule is COC(=O)c1ccc(OCCN2CCC(CN(C(=O)C(F)(F)F)C3CC3c3ccccc3)CC2)cc1. The van der Waals surface area contributed by atoms with Crippen molar-refractivity contribution in [2.75, 3.05) is 39.9 Å². The van der Waals surface area contributed by atoms with Crippen LogP contribution in [0.1, 0.15) is 41.1 Å². The number of likely N-dealkylation sites (tertiary alicyclic amines) is 1. The highest BCUT2D eigenvalue weighted by Gasteiger charge is 2.52. The Balaban J connectivity index is 1.24. The molecular weight excluding hydrogens is 473 g/mol. The molecule has 2 atom stereocenters. The van der Waals surface area contributed by atoms with Gasteiger partial charge in [-0.1, -0.05) is 30.3 Å². The van der Waals surface area contributed by atoms with Crippen LogP contribution in [0.5, 0.6) is 5.75 Å². The second-order valence-electron chi connectivity index (χ2n) is 9.42. The Hall–Kier alpha value is -3.07. The molecule has 2 aromatic carbocycles. The molecule has 0 aromatic heterocycles. The third kappa shape index (κ3) is 6.57. The van der Waals surface area contributed by atoms with E-state index in [1.54, 1.807) is 24.3 Å². The second-order valence-corrected chi connectivity index (χ2v) is 9.42. The van der Waals surface area contributed by atoms with E-state index in [9.17, 15) is 22.8 Å². The summed E-state index contributed by atoms with van der Waals surface area (Å²) in [5, 5.41) is 0. The first-order chi connectivity index (χ1) is 17.3. The fraction of sp³-hybridized carbons (Fsp3) is 0.481. The summed E-state index contributed by atoms with van der Waals surface area (Å²) in [5.74, 6) is -1.47. The van der Waals surface area contributed by atoms with Gasteiger partial charge in [-0.3, -0.25) is 9.69 Å². The third-order valence-corrected chi connectivity index (χ3v) is 7.00. The fourth-order valence-electron chi connectivity index (χ4n) is 4.88. The smallest absolute Gasteiger partial charge is 0.471 e. The van der Waals surface area contributed by atoms with Crippen molar-refractivity contribution in [1.29, 1.82) is 0 Å². The highest BCUT2D eigenvalue weighted by molar-refractivity contribution is 5.89. The van der Waals surface area contributed by atoms with Gasteiger partial charge in [0.05, 0.1) is 12.7 Å². The molecule has 194 valence electrons. The minimum atomic E-state index is -4.86. The molecule has 0 spiro atoms. The van der Waals surface area contributed by atoms with Crippen LogP contribution >= 0.6 is 0 Å². The van der Waals surface area contributed by atoms with Crippen LogP contribution < -0.4 is 4.74 Å². The molecule has 2 aliphatic rings. The molecule has 1 heterocycles. The summed E-state index contributed by atoms with van der Waals surface area (Å²) in [4.78, 5) is 27.1. The zero-order valence-electron chi connectivity index (χ0n) is 20.2. The van der Waals surface area contributed by atoms with Gasteiger partial charge < -0.3 is 14.4 Å². The van der Waals surface area contributed by atoms with Gasteiger partial charge in [-0.25, -0.2) is 4.79 Å². The number of ether oxygens (including phenoxy) is 2. The number of hydrogen-bond donors (Lipinski definition) is 0. The van der Waals surface area contributed by atoms with Crippen LogP contribution in [0.25, 0.3) is 0 Å². The van der Waals surface area contributed by atoms with Crippen molar-refractivity contribution in [2.24, 2.45) is 5.92 Å². The number of amides is 1. The maximum atomic E-state index is 13.4. The summed E-state index contributed by atoms with van der Waals surface area (Å²) >= 11 is 0. The van der Waals surface area contributed by atoms with E-state index in [1.807, 2.05) is 30.3 Å². The Kier molecular flexibility index (Phi) is 8.18. The van der Waals surface area contributed by atoms with Gasteiger partial charge in [0.25, 0.3) is 0 Å². The van der Waals surface area contributed by atoms with Crippen LogP contribution in [0.4, 0.5) is 13.2 Å². The van der Waals surface area contributed by atoms with E-state index in [-0.39, 0.29) is 18.4 Å². The zero-order chi connectivity index (χ0) is 25.7. The van der Waals surface area contributed by atoms with Crippen molar-refractivity contribution >= 4 is 11.9 Å². The van der Waals surface area contributed by atoms with Crippen LogP contribution in [0.15, 0.2) is 54.6 Å². The number of carbonyl (C=O) groups is 2. The number of rotatable bonds is 9. The van der Waals surface area contributed by atoms with Gasteiger partial charge in [0.2, 0.25) is 0 Å². The number of esters is 1. The minimum absolute atomic E-state index is 0.0311. The quantitative estimate of drug-likeness (QED) is 0.471. The number of methoxy groups -OCH3 is 1. The van der Waals surface area contributed by atoms with Gasteiger partial charge in [0.1, 0.15) is 12.4 Å². The zero-order valence-corrected chi connectivity index (χ0v) is 20.2. The standard InChI is InChI=1S/C27H31F3N2O4/c1-35-25(33)21-7-9-22(10-8-21)36-16-15-31-13-11-19(12-14-31)18-32(26(34)27(28,29)30)24-17-23(24)20-5-3-2-4-6-20/h2-10,19,23-24H,11-18H2,1H3. The molecule has 1 aliphatic carbocycles. The molecular formula is C27H31F3N2O4. The lowest BCUT2D eigenvalue weighted by Crippen LogP contribution is -2.47. The molecule has 4 rings (SSSR count). The number of piperidine rings is 1. The Labute approximate surface area is 209 Å². The van der Waals surface area contributed by atoms with Crippen molar-refractivity contribution < 1.29 is 32.2 Å². The van der Waals surface area contributed by atoms with Crippen LogP contribution in [0.3, 0.4) is 0 Å². The van der Waals surface area contributed by atoms with Crippen molar-refractivity contribution in [1.82, 2.24) is 9.80 Å². The largest absolute Gasteiger partial charge is 0.492 e.